The molecule has 0 bridgehead atoms. The number of methoxy groups -OCH3 is 1. The lowest BCUT2D eigenvalue weighted by Gasteiger charge is -1.98. The lowest BCUT2D eigenvalue weighted by atomic mass is 10.2. The van der Waals surface area contributed by atoms with Crippen molar-refractivity contribution in [2.24, 2.45) is 0 Å². The van der Waals surface area contributed by atoms with Crippen LogP contribution in [0.25, 0.3) is 17.0 Å². The number of hydrogen-bond acceptors (Lipinski definition) is 2. The first kappa shape index (κ1) is 17.3. The van der Waals surface area contributed by atoms with Crippen LogP contribution in [0.3, 0.4) is 0 Å². The van der Waals surface area contributed by atoms with Gasteiger partial charge in [-0.1, -0.05) is 11.1 Å². The second-order valence-corrected chi connectivity index (χ2v) is 4.74. The van der Waals surface area contributed by atoms with E-state index in [1.54, 1.807) is 7.11 Å². The van der Waals surface area contributed by atoms with Crippen LogP contribution < -0.4 is 21.7 Å². The lowest BCUT2D eigenvalue weighted by molar-refractivity contribution is -0.603. The third kappa shape index (κ3) is 3.46. The predicted molar refractivity (Wildman–Crippen MR) is 80.9 cm³/mol. The van der Waals surface area contributed by atoms with Gasteiger partial charge in [0.2, 0.25) is 0 Å². The minimum Gasteiger partial charge on any atom is -1.00 e. The first-order valence-corrected chi connectivity index (χ1v) is 6.19. The molecular formula is C15H17Cl2N3O. The van der Waals surface area contributed by atoms with Gasteiger partial charge in [0.05, 0.1) is 19.5 Å². The van der Waals surface area contributed by atoms with Crippen molar-refractivity contribution >= 4 is 23.4 Å². The monoisotopic (exact) mass is 325 g/mol. The van der Waals surface area contributed by atoms with E-state index in [1.807, 2.05) is 22.8 Å². The van der Waals surface area contributed by atoms with Gasteiger partial charge in [0.25, 0.3) is 0 Å². The number of ether oxygens (including phenoxy) is 1. The van der Waals surface area contributed by atoms with Crippen molar-refractivity contribution in [3.63, 3.8) is 0 Å². The Hall–Kier alpha value is -1.78. The van der Waals surface area contributed by atoms with Crippen LogP contribution in [-0.2, 0) is 0 Å². The largest absolute Gasteiger partial charge is 1.00 e. The molecular weight excluding hydrogens is 309 g/mol. The van der Waals surface area contributed by atoms with E-state index in [0.29, 0.717) is 0 Å². The van der Waals surface area contributed by atoms with Crippen LogP contribution in [0.15, 0.2) is 36.7 Å². The van der Waals surface area contributed by atoms with Crippen molar-refractivity contribution in [2.75, 3.05) is 7.11 Å². The third-order valence-electron chi connectivity index (χ3n) is 3.06. The summed E-state index contributed by atoms with van der Waals surface area (Å²) in [5.41, 5.74) is 4.32. The van der Waals surface area contributed by atoms with Gasteiger partial charge in [0, 0.05) is 6.07 Å². The van der Waals surface area contributed by atoms with Gasteiger partial charge in [-0.15, -0.1) is 12.4 Å². The number of aromatic amines is 1. The molecule has 0 aliphatic carbocycles. The van der Waals surface area contributed by atoms with Crippen LogP contribution in [-0.4, -0.2) is 17.1 Å². The number of aromatic nitrogens is 3. The second kappa shape index (κ2) is 6.78. The molecule has 1 aromatic carbocycles. The third-order valence-corrected chi connectivity index (χ3v) is 3.06. The van der Waals surface area contributed by atoms with Crippen molar-refractivity contribution in [3.05, 3.63) is 47.8 Å². The van der Waals surface area contributed by atoms with E-state index in [2.05, 4.69) is 42.3 Å². The van der Waals surface area contributed by atoms with Gasteiger partial charge in [-0.05, 0) is 37.1 Å². The summed E-state index contributed by atoms with van der Waals surface area (Å²) >= 11 is 0. The van der Waals surface area contributed by atoms with E-state index in [0.717, 1.165) is 22.7 Å². The molecule has 112 valence electrons. The Morgan fingerprint density at radius 3 is 2.38 bits per heavy atom. The van der Waals surface area contributed by atoms with Crippen molar-refractivity contribution < 1.29 is 21.7 Å². The minimum absolute atomic E-state index is 0. The molecule has 0 unspecified atom stereocenters. The molecule has 4 nitrogen and oxygen atoms in total. The number of pyridine rings is 1. The Balaban J connectivity index is 0.00000110. The Bertz CT molecular complexity index is 736. The Morgan fingerprint density at radius 1 is 1.10 bits per heavy atom. The van der Waals surface area contributed by atoms with Crippen LogP contribution in [0.2, 0.25) is 0 Å². The maximum atomic E-state index is 5.21. The maximum Gasteiger partial charge on any atom is 0.401 e. The zero-order chi connectivity index (χ0) is 13.4. The molecule has 0 atom stereocenters. The molecule has 0 aliphatic rings. The molecule has 3 aromatic rings. The number of nitrogens with zero attached hydrogens (tertiary/aromatic N) is 2. The fourth-order valence-electron chi connectivity index (χ4n) is 2.25. The van der Waals surface area contributed by atoms with Crippen LogP contribution in [0.4, 0.5) is 0 Å². The quantitative estimate of drug-likeness (QED) is 0.668. The molecule has 2 heterocycles. The number of nitrogens with one attached hydrogen (secondary N) is 1. The van der Waals surface area contributed by atoms with E-state index >= 15 is 0 Å². The number of fused-ring (bicyclic) bond motifs is 1. The Labute approximate surface area is 136 Å². The van der Waals surface area contributed by atoms with Crippen molar-refractivity contribution in [3.8, 4) is 11.7 Å². The van der Waals surface area contributed by atoms with Crippen molar-refractivity contribution in [2.45, 2.75) is 13.8 Å². The predicted octanol–water partition coefficient (Wildman–Crippen LogP) is -0.109. The summed E-state index contributed by atoms with van der Waals surface area (Å²) in [6.07, 6.45) is 4.11. The van der Waals surface area contributed by atoms with Gasteiger partial charge in [0.15, 0.2) is 5.52 Å². The summed E-state index contributed by atoms with van der Waals surface area (Å²) in [6.45, 7) is 4.16. The molecule has 0 aliphatic heterocycles. The lowest BCUT2D eigenvalue weighted by Crippen LogP contribution is -3.00. The molecule has 0 spiro atoms. The zero-order valence-electron chi connectivity index (χ0n) is 12.1. The van der Waals surface area contributed by atoms with E-state index in [1.165, 1.54) is 11.1 Å². The van der Waals surface area contributed by atoms with Crippen molar-refractivity contribution in [1.82, 2.24) is 9.97 Å². The van der Waals surface area contributed by atoms with Gasteiger partial charge >= 0.3 is 5.95 Å². The average Bonchev–Trinajstić information content (AvgIpc) is 2.80. The maximum absolute atomic E-state index is 5.21. The normalized spacial score (nSPS) is 9.86. The molecule has 0 amide bonds. The number of aryl methyl sites for hydroxylation is 2. The van der Waals surface area contributed by atoms with Gasteiger partial charge in [0.1, 0.15) is 11.3 Å². The number of imidazole rings is 1. The van der Waals surface area contributed by atoms with E-state index in [-0.39, 0.29) is 24.8 Å². The van der Waals surface area contributed by atoms with E-state index < -0.39 is 0 Å². The molecule has 6 heteroatoms. The first-order valence-electron chi connectivity index (χ1n) is 6.19. The van der Waals surface area contributed by atoms with Gasteiger partial charge in [-0.25, -0.2) is 9.55 Å². The summed E-state index contributed by atoms with van der Waals surface area (Å²) in [5, 5.41) is 0. The topological polar surface area (TPSA) is 41.8 Å². The van der Waals surface area contributed by atoms with E-state index in [4.69, 9.17) is 4.74 Å². The number of hydrogen-bond donors (Lipinski definition) is 1. The molecule has 0 saturated heterocycles. The zero-order valence-corrected chi connectivity index (χ0v) is 13.6. The van der Waals surface area contributed by atoms with Gasteiger partial charge in [-0.3, -0.25) is 0 Å². The summed E-state index contributed by atoms with van der Waals surface area (Å²) in [6, 6.07) is 7.98. The number of rotatable bonds is 2. The van der Waals surface area contributed by atoms with Crippen LogP contribution >= 0.6 is 12.4 Å². The molecule has 3 rings (SSSR count). The minimum atomic E-state index is 0. The summed E-state index contributed by atoms with van der Waals surface area (Å²) in [4.78, 5) is 7.92. The van der Waals surface area contributed by atoms with Crippen LogP contribution in [0.1, 0.15) is 11.1 Å². The summed E-state index contributed by atoms with van der Waals surface area (Å²) in [7, 11) is 1.66. The highest BCUT2D eigenvalue weighted by Crippen LogP contribution is 2.18. The van der Waals surface area contributed by atoms with Crippen molar-refractivity contribution in [1.29, 1.82) is 0 Å². The fraction of sp³-hybridized carbons (Fsp3) is 0.200. The fourth-order valence-corrected chi connectivity index (χ4v) is 2.25. The highest BCUT2D eigenvalue weighted by atomic mass is 35.5. The Kier molecular flexibility index (Phi) is 5.58. The molecule has 21 heavy (non-hydrogen) atoms. The second-order valence-electron chi connectivity index (χ2n) is 4.74. The van der Waals surface area contributed by atoms with Crippen LogP contribution in [0, 0.1) is 13.8 Å². The molecule has 0 fully saturated rings. The first-order chi connectivity index (χ1) is 9.15. The molecule has 1 N–H and O–H groups in total. The number of H-pyrrole nitrogens is 1. The smallest absolute Gasteiger partial charge is 0.401 e. The summed E-state index contributed by atoms with van der Waals surface area (Å²) in [5.74, 6) is 1.63. The average molecular weight is 326 g/mol. The standard InChI is InChI=1S/C15H16N3O.2ClH/c1-10-6-11(2)9-18(8-10)15-16-13-5-4-12(19-3)7-14(13)17-15;;/h4-9H,1-3H3,(H,16,17);2*1H/q+1;;/p-1. The van der Waals surface area contributed by atoms with Gasteiger partial charge < -0.3 is 17.1 Å². The number of benzene rings is 1. The molecule has 0 radical (unpaired) electrons. The molecule has 0 saturated carbocycles. The van der Waals surface area contributed by atoms with E-state index in [9.17, 15) is 0 Å². The molecule has 2 aromatic heterocycles. The van der Waals surface area contributed by atoms with Gasteiger partial charge in [-0.2, -0.15) is 0 Å². The summed E-state index contributed by atoms with van der Waals surface area (Å²) < 4.78 is 7.23. The highest BCUT2D eigenvalue weighted by Gasteiger charge is 2.14. The number of halogens is 2. The SMILES string of the molecule is COc1ccc2[nH]c(-[n+]3cc(C)cc(C)c3)nc2c1.Cl.[Cl-]. The van der Waals surface area contributed by atoms with Crippen LogP contribution in [0.5, 0.6) is 5.75 Å². The highest BCUT2D eigenvalue weighted by molar-refractivity contribution is 5.85. The Morgan fingerprint density at radius 2 is 1.76 bits per heavy atom.